The van der Waals surface area contributed by atoms with Gasteiger partial charge in [0, 0.05) is 0 Å². The van der Waals surface area contributed by atoms with Gasteiger partial charge >= 0.3 is 0 Å². The molecule has 0 saturated heterocycles. The Hall–Kier alpha value is -1.13. The quantitative estimate of drug-likeness (QED) is 0.868. The number of anilines is 1. The van der Waals surface area contributed by atoms with Crippen molar-refractivity contribution < 1.29 is 9.18 Å². The molecular weight excluding hydrogens is 255 g/mol. The van der Waals surface area contributed by atoms with Crippen LogP contribution in [-0.4, -0.2) is 11.4 Å². The lowest BCUT2D eigenvalue weighted by Gasteiger charge is -2.22. The Bertz CT molecular complexity index is 484. The van der Waals surface area contributed by atoms with Gasteiger partial charge in [-0.15, -0.1) is 0 Å². The van der Waals surface area contributed by atoms with E-state index in [1.165, 1.54) is 12.1 Å². The van der Waals surface area contributed by atoms with Crippen LogP contribution < -0.4 is 11.1 Å². The number of halogens is 2. The Labute approximate surface area is 111 Å². The van der Waals surface area contributed by atoms with Gasteiger partial charge < -0.3 is 11.1 Å². The summed E-state index contributed by atoms with van der Waals surface area (Å²) < 4.78 is 13.3. The van der Waals surface area contributed by atoms with Crippen molar-refractivity contribution in [2.75, 3.05) is 5.32 Å². The predicted molar refractivity (Wildman–Crippen MR) is 70.2 cm³/mol. The highest BCUT2D eigenvalue weighted by Gasteiger charge is 2.37. The summed E-state index contributed by atoms with van der Waals surface area (Å²) in [5.74, 6) is -0.630. The summed E-state index contributed by atoms with van der Waals surface area (Å²) in [6, 6.07) is 2.72. The van der Waals surface area contributed by atoms with Gasteiger partial charge in [-0.05, 0) is 37.5 Å². The molecule has 1 saturated carbocycles. The highest BCUT2D eigenvalue weighted by atomic mass is 35.5. The molecule has 0 bridgehead atoms. The standard InChI is InChI=1S/C13H16ClFN2O/c1-8-6-11(9(14)7-10(8)15)17-12(18)13(16)4-2-3-5-13/h6-7H,2-5,16H2,1H3,(H,17,18). The van der Waals surface area contributed by atoms with Gasteiger partial charge in [0.2, 0.25) is 5.91 Å². The fraction of sp³-hybridized carbons (Fsp3) is 0.462. The molecule has 2 rings (SSSR count). The molecule has 0 aliphatic heterocycles. The summed E-state index contributed by atoms with van der Waals surface area (Å²) in [6.07, 6.45) is 3.27. The third-order valence-electron chi connectivity index (χ3n) is 3.44. The number of amides is 1. The molecule has 1 amide bonds. The summed E-state index contributed by atoms with van der Waals surface area (Å²) in [5.41, 5.74) is 6.08. The second-order valence-corrected chi connectivity index (χ2v) is 5.31. The molecule has 1 aromatic rings. The van der Waals surface area contributed by atoms with E-state index < -0.39 is 5.54 Å². The molecule has 3 N–H and O–H groups in total. The largest absolute Gasteiger partial charge is 0.323 e. The number of nitrogens with two attached hydrogens (primary N) is 1. The summed E-state index contributed by atoms with van der Waals surface area (Å²) in [5, 5.41) is 2.89. The molecule has 98 valence electrons. The molecule has 0 unspecified atom stereocenters. The number of hydrogen-bond donors (Lipinski definition) is 2. The van der Waals surface area contributed by atoms with Crippen molar-refractivity contribution in [3.05, 3.63) is 28.5 Å². The van der Waals surface area contributed by atoms with E-state index in [1.807, 2.05) is 0 Å². The van der Waals surface area contributed by atoms with Crippen LogP contribution in [0.2, 0.25) is 5.02 Å². The molecule has 0 aromatic heterocycles. The molecule has 18 heavy (non-hydrogen) atoms. The fourth-order valence-electron chi connectivity index (χ4n) is 2.23. The van der Waals surface area contributed by atoms with Crippen LogP contribution in [0.4, 0.5) is 10.1 Å². The van der Waals surface area contributed by atoms with Crippen molar-refractivity contribution in [3.63, 3.8) is 0 Å². The van der Waals surface area contributed by atoms with Crippen LogP contribution in [0, 0.1) is 12.7 Å². The van der Waals surface area contributed by atoms with Crippen LogP contribution in [-0.2, 0) is 4.79 Å². The van der Waals surface area contributed by atoms with E-state index in [4.69, 9.17) is 17.3 Å². The minimum atomic E-state index is -0.814. The maximum Gasteiger partial charge on any atom is 0.244 e. The summed E-state index contributed by atoms with van der Waals surface area (Å²) in [6.45, 7) is 1.62. The van der Waals surface area contributed by atoms with E-state index in [-0.39, 0.29) is 16.7 Å². The molecule has 1 fully saturated rings. The van der Waals surface area contributed by atoms with Crippen LogP contribution in [0.15, 0.2) is 12.1 Å². The molecule has 0 heterocycles. The molecule has 1 aromatic carbocycles. The summed E-state index contributed by atoms with van der Waals surface area (Å²) >= 11 is 5.90. The number of rotatable bonds is 2. The Morgan fingerprint density at radius 2 is 2.06 bits per heavy atom. The van der Waals surface area contributed by atoms with Crippen molar-refractivity contribution in [2.24, 2.45) is 5.73 Å². The monoisotopic (exact) mass is 270 g/mol. The first kappa shape index (κ1) is 13.3. The van der Waals surface area contributed by atoms with Gasteiger partial charge in [0.05, 0.1) is 16.2 Å². The van der Waals surface area contributed by atoms with Crippen LogP contribution in [0.1, 0.15) is 31.2 Å². The summed E-state index contributed by atoms with van der Waals surface area (Å²) in [4.78, 5) is 12.1. The van der Waals surface area contributed by atoms with Crippen LogP contribution in [0.5, 0.6) is 0 Å². The van der Waals surface area contributed by atoms with Crippen molar-refractivity contribution in [2.45, 2.75) is 38.1 Å². The second-order valence-electron chi connectivity index (χ2n) is 4.90. The molecule has 3 nitrogen and oxygen atoms in total. The van der Waals surface area contributed by atoms with E-state index in [1.54, 1.807) is 6.92 Å². The second kappa shape index (κ2) is 4.86. The van der Waals surface area contributed by atoms with Gasteiger partial charge in [-0.3, -0.25) is 4.79 Å². The Morgan fingerprint density at radius 3 is 2.67 bits per heavy atom. The van der Waals surface area contributed by atoms with E-state index in [0.29, 0.717) is 24.1 Å². The van der Waals surface area contributed by atoms with Gasteiger partial charge in [0.15, 0.2) is 0 Å². The SMILES string of the molecule is Cc1cc(NC(=O)C2(N)CCCC2)c(Cl)cc1F. The number of nitrogens with one attached hydrogen (secondary N) is 1. The van der Waals surface area contributed by atoms with Gasteiger partial charge in [-0.25, -0.2) is 4.39 Å². The first-order chi connectivity index (χ1) is 8.42. The van der Waals surface area contributed by atoms with Crippen molar-refractivity contribution >= 4 is 23.2 Å². The zero-order valence-corrected chi connectivity index (χ0v) is 11.0. The Kier molecular flexibility index (Phi) is 3.59. The molecule has 1 aliphatic carbocycles. The van der Waals surface area contributed by atoms with E-state index in [9.17, 15) is 9.18 Å². The number of carbonyl (C=O) groups excluding carboxylic acids is 1. The van der Waals surface area contributed by atoms with Crippen molar-refractivity contribution in [1.82, 2.24) is 0 Å². The molecule has 5 heteroatoms. The average Bonchev–Trinajstić information content (AvgIpc) is 2.74. The third kappa shape index (κ3) is 2.49. The lowest BCUT2D eigenvalue weighted by molar-refractivity contribution is -0.121. The van der Waals surface area contributed by atoms with Crippen LogP contribution >= 0.6 is 11.6 Å². The van der Waals surface area contributed by atoms with E-state index >= 15 is 0 Å². The van der Waals surface area contributed by atoms with Crippen molar-refractivity contribution in [3.8, 4) is 0 Å². The zero-order valence-electron chi connectivity index (χ0n) is 10.2. The molecule has 0 radical (unpaired) electrons. The maximum atomic E-state index is 13.3. The average molecular weight is 271 g/mol. The van der Waals surface area contributed by atoms with Gasteiger partial charge in [0.25, 0.3) is 0 Å². The highest BCUT2D eigenvalue weighted by molar-refractivity contribution is 6.33. The van der Waals surface area contributed by atoms with E-state index in [0.717, 1.165) is 12.8 Å². The first-order valence-electron chi connectivity index (χ1n) is 5.98. The number of carbonyl (C=O) groups is 1. The third-order valence-corrected chi connectivity index (χ3v) is 3.76. The molecular formula is C13H16ClFN2O. The lowest BCUT2D eigenvalue weighted by atomic mass is 9.98. The fourth-order valence-corrected chi connectivity index (χ4v) is 2.43. The molecule has 0 spiro atoms. The van der Waals surface area contributed by atoms with Crippen LogP contribution in [0.3, 0.4) is 0 Å². The first-order valence-corrected chi connectivity index (χ1v) is 6.36. The topological polar surface area (TPSA) is 55.1 Å². The number of hydrogen-bond acceptors (Lipinski definition) is 2. The smallest absolute Gasteiger partial charge is 0.244 e. The predicted octanol–water partition coefficient (Wildman–Crippen LogP) is 3.00. The van der Waals surface area contributed by atoms with Gasteiger partial charge in [-0.2, -0.15) is 0 Å². The lowest BCUT2D eigenvalue weighted by Crippen LogP contribution is -2.48. The molecule has 0 atom stereocenters. The minimum Gasteiger partial charge on any atom is -0.323 e. The molecule has 1 aliphatic rings. The normalized spacial score (nSPS) is 17.8. The number of benzene rings is 1. The summed E-state index contributed by atoms with van der Waals surface area (Å²) in [7, 11) is 0. The van der Waals surface area contributed by atoms with E-state index in [2.05, 4.69) is 5.32 Å². The minimum absolute atomic E-state index is 0.188. The van der Waals surface area contributed by atoms with Crippen LogP contribution in [0.25, 0.3) is 0 Å². The number of aryl methyl sites for hydroxylation is 1. The highest BCUT2D eigenvalue weighted by Crippen LogP contribution is 2.30. The Balaban J connectivity index is 2.19. The Morgan fingerprint density at radius 1 is 1.44 bits per heavy atom. The van der Waals surface area contributed by atoms with Crippen molar-refractivity contribution in [1.29, 1.82) is 0 Å². The van der Waals surface area contributed by atoms with Gasteiger partial charge in [-0.1, -0.05) is 24.4 Å². The maximum absolute atomic E-state index is 13.3. The van der Waals surface area contributed by atoms with Gasteiger partial charge in [0.1, 0.15) is 5.82 Å². The zero-order chi connectivity index (χ0) is 13.3.